The molecule has 0 spiro atoms. The molecule has 1 atom stereocenters. The standard InChI is InChI=1S/C17H14ClFO2/c1-10-14-9-13(19)6-7-16(14)21-17(10)15(20)8-11-2-4-12(18)5-3-11/h2-7,9,15,20H,8H2,1H3. The van der Waals surface area contributed by atoms with Crippen LogP contribution in [0.1, 0.15) is 23.0 Å². The maximum Gasteiger partial charge on any atom is 0.137 e. The first-order valence-corrected chi connectivity index (χ1v) is 7.03. The molecule has 1 heterocycles. The molecule has 1 N–H and O–H groups in total. The van der Waals surface area contributed by atoms with Gasteiger partial charge in [-0.1, -0.05) is 23.7 Å². The second-order valence-electron chi connectivity index (χ2n) is 5.08. The van der Waals surface area contributed by atoms with Crippen molar-refractivity contribution < 1.29 is 13.9 Å². The van der Waals surface area contributed by atoms with Crippen molar-refractivity contribution in [3.05, 3.63) is 70.2 Å². The number of hydrogen-bond acceptors (Lipinski definition) is 2. The summed E-state index contributed by atoms with van der Waals surface area (Å²) in [6.07, 6.45) is -0.359. The maximum atomic E-state index is 13.3. The Labute approximate surface area is 126 Å². The van der Waals surface area contributed by atoms with Crippen molar-refractivity contribution in [2.24, 2.45) is 0 Å². The molecule has 0 aliphatic rings. The number of rotatable bonds is 3. The summed E-state index contributed by atoms with van der Waals surface area (Å²) in [7, 11) is 0. The molecule has 0 fully saturated rings. The predicted octanol–water partition coefficient (Wildman–Crippen LogP) is 4.81. The molecule has 0 amide bonds. The van der Waals surface area contributed by atoms with E-state index in [4.69, 9.17) is 16.0 Å². The normalized spacial score (nSPS) is 12.8. The third kappa shape index (κ3) is 2.80. The van der Waals surface area contributed by atoms with Gasteiger partial charge in [-0.25, -0.2) is 4.39 Å². The minimum Gasteiger partial charge on any atom is -0.458 e. The van der Waals surface area contributed by atoms with E-state index in [1.165, 1.54) is 12.1 Å². The molecule has 2 aromatic carbocycles. The van der Waals surface area contributed by atoms with Crippen LogP contribution in [0.3, 0.4) is 0 Å². The monoisotopic (exact) mass is 304 g/mol. The lowest BCUT2D eigenvalue weighted by atomic mass is 10.0. The highest BCUT2D eigenvalue weighted by Crippen LogP contribution is 2.31. The number of hydrogen-bond donors (Lipinski definition) is 1. The van der Waals surface area contributed by atoms with E-state index in [2.05, 4.69) is 0 Å². The molecule has 2 nitrogen and oxygen atoms in total. The highest BCUT2D eigenvalue weighted by molar-refractivity contribution is 6.30. The smallest absolute Gasteiger partial charge is 0.137 e. The van der Waals surface area contributed by atoms with E-state index in [9.17, 15) is 9.50 Å². The highest BCUT2D eigenvalue weighted by atomic mass is 35.5. The van der Waals surface area contributed by atoms with Crippen LogP contribution in [-0.4, -0.2) is 5.11 Å². The molecular weight excluding hydrogens is 291 g/mol. The van der Waals surface area contributed by atoms with E-state index in [1.807, 2.05) is 19.1 Å². The zero-order chi connectivity index (χ0) is 15.0. The quantitative estimate of drug-likeness (QED) is 0.753. The van der Waals surface area contributed by atoms with Crippen LogP contribution in [0.15, 0.2) is 46.9 Å². The van der Waals surface area contributed by atoms with Crippen LogP contribution in [0.2, 0.25) is 5.02 Å². The van der Waals surface area contributed by atoms with Gasteiger partial charge in [0, 0.05) is 22.4 Å². The van der Waals surface area contributed by atoms with E-state index in [-0.39, 0.29) is 5.82 Å². The first-order chi connectivity index (χ1) is 10.0. The van der Waals surface area contributed by atoms with Gasteiger partial charge in [0.25, 0.3) is 0 Å². The molecule has 3 aromatic rings. The topological polar surface area (TPSA) is 33.4 Å². The average Bonchev–Trinajstić information content (AvgIpc) is 2.79. The van der Waals surface area contributed by atoms with E-state index in [0.29, 0.717) is 28.2 Å². The lowest BCUT2D eigenvalue weighted by Gasteiger charge is -2.09. The van der Waals surface area contributed by atoms with E-state index in [0.717, 1.165) is 11.1 Å². The number of aliphatic hydroxyl groups excluding tert-OH is 1. The minimum atomic E-state index is -0.776. The minimum absolute atomic E-state index is 0.315. The molecule has 1 unspecified atom stereocenters. The Hall–Kier alpha value is -1.84. The Kier molecular flexibility index (Phi) is 3.70. The van der Waals surface area contributed by atoms with Crippen LogP contribution in [-0.2, 0) is 6.42 Å². The Balaban J connectivity index is 1.92. The lowest BCUT2D eigenvalue weighted by Crippen LogP contribution is -2.01. The fourth-order valence-corrected chi connectivity index (χ4v) is 2.59. The van der Waals surface area contributed by atoms with Gasteiger partial charge >= 0.3 is 0 Å². The largest absolute Gasteiger partial charge is 0.458 e. The lowest BCUT2D eigenvalue weighted by molar-refractivity contribution is 0.151. The SMILES string of the molecule is Cc1c(C(O)Cc2ccc(Cl)cc2)oc2ccc(F)cc12. The van der Waals surface area contributed by atoms with Crippen molar-refractivity contribution >= 4 is 22.6 Å². The fraction of sp³-hybridized carbons (Fsp3) is 0.176. The van der Waals surface area contributed by atoms with Gasteiger partial charge in [-0.05, 0) is 42.8 Å². The van der Waals surface area contributed by atoms with Crippen LogP contribution in [0.5, 0.6) is 0 Å². The molecule has 0 saturated heterocycles. The fourth-order valence-electron chi connectivity index (χ4n) is 2.47. The van der Waals surface area contributed by atoms with Crippen LogP contribution in [0.25, 0.3) is 11.0 Å². The molecule has 3 rings (SSSR count). The molecule has 21 heavy (non-hydrogen) atoms. The third-order valence-electron chi connectivity index (χ3n) is 3.58. The van der Waals surface area contributed by atoms with E-state index in [1.54, 1.807) is 18.2 Å². The highest BCUT2D eigenvalue weighted by Gasteiger charge is 2.19. The van der Waals surface area contributed by atoms with Crippen molar-refractivity contribution in [3.63, 3.8) is 0 Å². The summed E-state index contributed by atoms with van der Waals surface area (Å²) < 4.78 is 19.0. The van der Waals surface area contributed by atoms with Crippen molar-refractivity contribution in [2.45, 2.75) is 19.4 Å². The van der Waals surface area contributed by atoms with E-state index >= 15 is 0 Å². The van der Waals surface area contributed by atoms with Gasteiger partial charge < -0.3 is 9.52 Å². The molecule has 0 aliphatic carbocycles. The summed E-state index contributed by atoms with van der Waals surface area (Å²) in [5.74, 6) is 0.163. The van der Waals surface area contributed by atoms with E-state index < -0.39 is 6.10 Å². The van der Waals surface area contributed by atoms with Crippen LogP contribution >= 0.6 is 11.6 Å². The number of aliphatic hydroxyl groups is 1. The molecule has 4 heteroatoms. The van der Waals surface area contributed by atoms with Crippen LogP contribution in [0, 0.1) is 12.7 Å². The summed E-state index contributed by atoms with van der Waals surface area (Å²) in [6.45, 7) is 1.83. The molecular formula is C17H14ClFO2. The second kappa shape index (κ2) is 5.51. The summed E-state index contributed by atoms with van der Waals surface area (Å²) in [6, 6.07) is 11.6. The summed E-state index contributed by atoms with van der Waals surface area (Å²) in [5, 5.41) is 11.7. The zero-order valence-corrected chi connectivity index (χ0v) is 12.2. The summed E-state index contributed by atoms with van der Waals surface area (Å²) in [5.41, 5.74) is 2.31. The number of fused-ring (bicyclic) bond motifs is 1. The summed E-state index contributed by atoms with van der Waals surface area (Å²) in [4.78, 5) is 0. The molecule has 0 radical (unpaired) electrons. The van der Waals surface area contributed by atoms with Gasteiger partial charge in [-0.15, -0.1) is 0 Å². The zero-order valence-electron chi connectivity index (χ0n) is 11.4. The third-order valence-corrected chi connectivity index (χ3v) is 3.83. The number of benzene rings is 2. The molecule has 0 aliphatic heterocycles. The Morgan fingerprint density at radius 1 is 1.19 bits per heavy atom. The number of aryl methyl sites for hydroxylation is 1. The van der Waals surface area contributed by atoms with Crippen molar-refractivity contribution in [1.82, 2.24) is 0 Å². The maximum absolute atomic E-state index is 13.3. The number of halogens is 2. The summed E-state index contributed by atoms with van der Waals surface area (Å²) >= 11 is 5.84. The van der Waals surface area contributed by atoms with Gasteiger partial charge in [0.05, 0.1) is 0 Å². The second-order valence-corrected chi connectivity index (χ2v) is 5.51. The first-order valence-electron chi connectivity index (χ1n) is 6.65. The van der Waals surface area contributed by atoms with Gasteiger partial charge in [-0.3, -0.25) is 0 Å². The van der Waals surface area contributed by atoms with Gasteiger partial charge in [0.1, 0.15) is 23.3 Å². The van der Waals surface area contributed by atoms with Crippen molar-refractivity contribution in [1.29, 1.82) is 0 Å². The van der Waals surface area contributed by atoms with Gasteiger partial charge in [-0.2, -0.15) is 0 Å². The van der Waals surface area contributed by atoms with Crippen LogP contribution < -0.4 is 0 Å². The Morgan fingerprint density at radius 2 is 1.90 bits per heavy atom. The average molecular weight is 305 g/mol. The Bertz CT molecular complexity index is 777. The molecule has 0 saturated carbocycles. The molecule has 108 valence electrons. The van der Waals surface area contributed by atoms with Crippen LogP contribution in [0.4, 0.5) is 4.39 Å². The predicted molar refractivity (Wildman–Crippen MR) is 81.0 cm³/mol. The molecule has 1 aromatic heterocycles. The Morgan fingerprint density at radius 3 is 2.62 bits per heavy atom. The van der Waals surface area contributed by atoms with Gasteiger partial charge in [0.2, 0.25) is 0 Å². The van der Waals surface area contributed by atoms with Crippen molar-refractivity contribution in [3.8, 4) is 0 Å². The molecule has 0 bridgehead atoms. The van der Waals surface area contributed by atoms with Crippen molar-refractivity contribution in [2.75, 3.05) is 0 Å². The number of furan rings is 1. The first kappa shape index (κ1) is 14.1. The van der Waals surface area contributed by atoms with Gasteiger partial charge in [0.15, 0.2) is 0 Å².